The standard InChI is InChI=1S/C16H18N4O3S/c21-15-12-9-5-4-8-11(12)13(14(15)19-23)17-18-16(22)20-24-10-6-2-1-3-7-10/h1-3,6-7,11-12,23H,4-5,8-9H2,(H2,18,20,22)/b17-13+,19-14+. The molecule has 1 aromatic rings. The van der Waals surface area contributed by atoms with E-state index >= 15 is 0 Å². The van der Waals surface area contributed by atoms with E-state index in [2.05, 4.69) is 20.4 Å². The lowest BCUT2D eigenvalue weighted by molar-refractivity contribution is -0.117. The molecule has 2 amide bonds. The fraction of sp³-hybridized carbons (Fsp3) is 0.375. The molecule has 7 nitrogen and oxygen atoms in total. The summed E-state index contributed by atoms with van der Waals surface area (Å²) in [5.74, 6) is -0.423. The van der Waals surface area contributed by atoms with Crippen molar-refractivity contribution in [2.75, 3.05) is 0 Å². The Morgan fingerprint density at radius 2 is 1.88 bits per heavy atom. The molecule has 0 radical (unpaired) electrons. The number of nitrogens with one attached hydrogen (secondary N) is 2. The second-order valence-electron chi connectivity index (χ2n) is 5.77. The maximum Gasteiger partial charge on any atom is 0.345 e. The van der Waals surface area contributed by atoms with Crippen LogP contribution < -0.4 is 10.1 Å². The van der Waals surface area contributed by atoms with Gasteiger partial charge in [-0.15, -0.1) is 0 Å². The van der Waals surface area contributed by atoms with Gasteiger partial charge in [0.2, 0.25) is 0 Å². The molecular weight excluding hydrogens is 328 g/mol. The molecule has 0 aromatic heterocycles. The Morgan fingerprint density at radius 1 is 1.17 bits per heavy atom. The van der Waals surface area contributed by atoms with E-state index in [1.54, 1.807) is 0 Å². The van der Waals surface area contributed by atoms with Crippen molar-refractivity contribution < 1.29 is 14.8 Å². The van der Waals surface area contributed by atoms with Crippen LogP contribution >= 0.6 is 11.9 Å². The quantitative estimate of drug-likeness (QED) is 0.444. The molecule has 126 valence electrons. The predicted octanol–water partition coefficient (Wildman–Crippen LogP) is 2.57. The number of rotatable bonds is 3. The molecule has 2 fully saturated rings. The second kappa shape index (κ2) is 7.48. The van der Waals surface area contributed by atoms with Gasteiger partial charge in [-0.1, -0.05) is 36.2 Å². The number of oxime groups is 1. The number of carbonyl (C=O) groups is 2. The van der Waals surface area contributed by atoms with Crippen molar-refractivity contribution in [3.63, 3.8) is 0 Å². The van der Waals surface area contributed by atoms with Crippen LogP contribution in [-0.4, -0.2) is 28.4 Å². The molecule has 1 aromatic carbocycles. The largest absolute Gasteiger partial charge is 0.410 e. The lowest BCUT2D eigenvalue weighted by atomic mass is 9.81. The average molecular weight is 346 g/mol. The van der Waals surface area contributed by atoms with Crippen LogP contribution in [0.1, 0.15) is 25.7 Å². The highest BCUT2D eigenvalue weighted by atomic mass is 32.2. The van der Waals surface area contributed by atoms with Gasteiger partial charge in [-0.2, -0.15) is 5.10 Å². The number of urea groups is 1. The molecular formula is C16H18N4O3S. The molecule has 24 heavy (non-hydrogen) atoms. The van der Waals surface area contributed by atoms with E-state index < -0.39 is 6.03 Å². The molecule has 0 heterocycles. The Morgan fingerprint density at radius 3 is 2.58 bits per heavy atom. The second-order valence-corrected chi connectivity index (χ2v) is 6.65. The minimum Gasteiger partial charge on any atom is -0.410 e. The zero-order valence-corrected chi connectivity index (χ0v) is 13.8. The first-order chi connectivity index (χ1) is 11.7. The number of benzene rings is 1. The SMILES string of the molecule is O=C(N/N=C1/C(=N\O)C(=O)C2CCCCC12)NSc1ccccc1. The molecule has 2 atom stereocenters. The summed E-state index contributed by atoms with van der Waals surface area (Å²) in [6.07, 6.45) is 3.58. The van der Waals surface area contributed by atoms with E-state index in [0.717, 1.165) is 42.5 Å². The van der Waals surface area contributed by atoms with Crippen LogP contribution in [0.25, 0.3) is 0 Å². The molecule has 3 rings (SSSR count). The summed E-state index contributed by atoms with van der Waals surface area (Å²) in [6, 6.07) is 8.88. The number of fused-ring (bicyclic) bond motifs is 1. The third-order valence-corrected chi connectivity index (χ3v) is 5.11. The van der Waals surface area contributed by atoms with Crippen molar-refractivity contribution >= 4 is 35.2 Å². The molecule has 0 saturated heterocycles. The van der Waals surface area contributed by atoms with Gasteiger partial charge in [0.25, 0.3) is 0 Å². The summed E-state index contributed by atoms with van der Waals surface area (Å²) in [4.78, 5) is 25.0. The van der Waals surface area contributed by atoms with Crippen molar-refractivity contribution in [3.05, 3.63) is 30.3 Å². The average Bonchev–Trinajstić information content (AvgIpc) is 2.91. The molecule has 0 bridgehead atoms. The number of carbonyl (C=O) groups excluding carboxylic acids is 2. The van der Waals surface area contributed by atoms with Gasteiger partial charge in [0.15, 0.2) is 11.5 Å². The van der Waals surface area contributed by atoms with Crippen molar-refractivity contribution in [2.24, 2.45) is 22.1 Å². The number of hydrazone groups is 1. The molecule has 8 heteroatoms. The van der Waals surface area contributed by atoms with E-state index in [1.807, 2.05) is 30.3 Å². The van der Waals surface area contributed by atoms with Crippen LogP contribution in [0.15, 0.2) is 45.5 Å². The summed E-state index contributed by atoms with van der Waals surface area (Å²) in [5.41, 5.74) is 2.74. The van der Waals surface area contributed by atoms with E-state index in [1.165, 1.54) is 0 Å². The van der Waals surface area contributed by atoms with Crippen LogP contribution in [0.2, 0.25) is 0 Å². The number of nitrogens with zero attached hydrogens (tertiary/aromatic N) is 2. The Labute approximate surface area is 143 Å². The number of ketones is 1. The van der Waals surface area contributed by atoms with Gasteiger partial charge < -0.3 is 5.21 Å². The number of amides is 2. The third kappa shape index (κ3) is 3.43. The normalized spacial score (nSPS) is 26.4. The Kier molecular flexibility index (Phi) is 5.14. The number of Topliss-reactive ketones (excluding diaryl/α,β-unsaturated/α-hetero) is 1. The van der Waals surface area contributed by atoms with Gasteiger partial charge in [0.05, 0.1) is 5.71 Å². The van der Waals surface area contributed by atoms with Gasteiger partial charge in [0, 0.05) is 16.7 Å². The van der Waals surface area contributed by atoms with Crippen molar-refractivity contribution in [2.45, 2.75) is 30.6 Å². The van der Waals surface area contributed by atoms with Gasteiger partial charge in [-0.25, -0.2) is 10.2 Å². The zero-order valence-electron chi connectivity index (χ0n) is 12.9. The highest BCUT2D eigenvalue weighted by Gasteiger charge is 2.46. The first-order valence-corrected chi connectivity index (χ1v) is 8.64. The van der Waals surface area contributed by atoms with Crippen LogP contribution in [0.4, 0.5) is 4.79 Å². The Balaban J connectivity index is 1.64. The lowest BCUT2D eigenvalue weighted by Crippen LogP contribution is -2.31. The summed E-state index contributed by atoms with van der Waals surface area (Å²) in [6.45, 7) is 0. The fourth-order valence-electron chi connectivity index (χ4n) is 3.21. The summed E-state index contributed by atoms with van der Waals surface area (Å²) < 4.78 is 2.61. The molecule has 2 aliphatic rings. The van der Waals surface area contributed by atoms with Crippen molar-refractivity contribution in [1.29, 1.82) is 0 Å². The topological polar surface area (TPSA) is 103 Å². The Hall–Kier alpha value is -2.35. The van der Waals surface area contributed by atoms with Crippen LogP contribution in [-0.2, 0) is 4.79 Å². The summed E-state index contributed by atoms with van der Waals surface area (Å²) in [7, 11) is 0. The summed E-state index contributed by atoms with van der Waals surface area (Å²) >= 11 is 1.16. The van der Waals surface area contributed by atoms with Crippen LogP contribution in [0.5, 0.6) is 0 Å². The first-order valence-electron chi connectivity index (χ1n) is 7.83. The van der Waals surface area contributed by atoms with E-state index in [-0.39, 0.29) is 23.3 Å². The van der Waals surface area contributed by atoms with Crippen LogP contribution in [0, 0.1) is 11.8 Å². The zero-order chi connectivity index (χ0) is 16.9. The smallest absolute Gasteiger partial charge is 0.345 e. The summed E-state index contributed by atoms with van der Waals surface area (Å²) in [5, 5.41) is 16.3. The molecule has 0 aliphatic heterocycles. The molecule has 0 spiro atoms. The molecule has 2 saturated carbocycles. The van der Waals surface area contributed by atoms with Crippen molar-refractivity contribution in [3.8, 4) is 0 Å². The maximum absolute atomic E-state index is 12.2. The maximum atomic E-state index is 12.2. The van der Waals surface area contributed by atoms with E-state index in [9.17, 15) is 9.59 Å². The first kappa shape index (κ1) is 16.5. The number of hydrogen-bond donors (Lipinski definition) is 3. The van der Waals surface area contributed by atoms with Gasteiger partial charge in [0.1, 0.15) is 0 Å². The van der Waals surface area contributed by atoms with Gasteiger partial charge in [-0.3, -0.25) is 9.52 Å². The fourth-order valence-corrected chi connectivity index (χ4v) is 3.76. The van der Waals surface area contributed by atoms with Crippen LogP contribution in [0.3, 0.4) is 0 Å². The van der Waals surface area contributed by atoms with Gasteiger partial charge >= 0.3 is 6.03 Å². The Bertz CT molecular complexity index is 690. The highest BCUT2D eigenvalue weighted by Crippen LogP contribution is 2.37. The molecule has 2 unspecified atom stereocenters. The van der Waals surface area contributed by atoms with Crippen molar-refractivity contribution in [1.82, 2.24) is 10.1 Å². The van der Waals surface area contributed by atoms with Gasteiger partial charge in [-0.05, 0) is 36.9 Å². The van der Waals surface area contributed by atoms with E-state index in [4.69, 9.17) is 5.21 Å². The highest BCUT2D eigenvalue weighted by molar-refractivity contribution is 7.98. The monoisotopic (exact) mass is 346 g/mol. The lowest BCUT2D eigenvalue weighted by Gasteiger charge is -2.22. The predicted molar refractivity (Wildman–Crippen MR) is 91.1 cm³/mol. The minimum atomic E-state index is -0.500. The minimum absolute atomic E-state index is 0.0251. The molecule has 2 aliphatic carbocycles. The molecule has 3 N–H and O–H groups in total. The van der Waals surface area contributed by atoms with E-state index in [0.29, 0.717) is 5.71 Å². The number of hydrogen-bond acceptors (Lipinski definition) is 6. The third-order valence-electron chi connectivity index (χ3n) is 4.31.